The van der Waals surface area contributed by atoms with Crippen LogP contribution in [0.3, 0.4) is 0 Å². The summed E-state index contributed by atoms with van der Waals surface area (Å²) in [7, 11) is 0. The molecule has 0 aromatic heterocycles. The van der Waals surface area contributed by atoms with Crippen LogP contribution >= 0.6 is 0 Å². The zero-order chi connectivity index (χ0) is 9.03. The van der Waals surface area contributed by atoms with E-state index in [4.69, 9.17) is 5.73 Å². The van der Waals surface area contributed by atoms with E-state index in [1.165, 1.54) is 25.7 Å². The van der Waals surface area contributed by atoms with Gasteiger partial charge >= 0.3 is 0 Å². The van der Waals surface area contributed by atoms with Gasteiger partial charge in [0, 0.05) is 5.54 Å². The highest BCUT2D eigenvalue weighted by Crippen LogP contribution is 2.34. The largest absolute Gasteiger partial charge is 0.330 e. The topological polar surface area (TPSA) is 38.0 Å². The molecular formula is C10H22N2. The Morgan fingerprint density at radius 2 is 2.17 bits per heavy atom. The van der Waals surface area contributed by atoms with Crippen LogP contribution in [0.15, 0.2) is 0 Å². The molecule has 1 saturated carbocycles. The third kappa shape index (κ3) is 3.11. The Morgan fingerprint density at radius 3 is 2.58 bits per heavy atom. The first-order chi connectivity index (χ1) is 5.70. The first-order valence-electron chi connectivity index (χ1n) is 5.15. The Balaban J connectivity index is 2.00. The molecule has 0 heterocycles. The van der Waals surface area contributed by atoms with Crippen LogP contribution < -0.4 is 11.1 Å². The van der Waals surface area contributed by atoms with Crippen molar-refractivity contribution in [2.75, 3.05) is 13.1 Å². The fraction of sp³-hybridized carbons (Fsp3) is 1.00. The Morgan fingerprint density at radius 1 is 1.50 bits per heavy atom. The second-order valence-corrected chi connectivity index (χ2v) is 4.29. The van der Waals surface area contributed by atoms with E-state index in [2.05, 4.69) is 19.2 Å². The number of nitrogens with one attached hydrogen (secondary N) is 1. The Kier molecular flexibility index (Phi) is 3.53. The summed E-state index contributed by atoms with van der Waals surface area (Å²) in [6, 6.07) is 0. The van der Waals surface area contributed by atoms with E-state index in [0.29, 0.717) is 5.54 Å². The number of hydrogen-bond donors (Lipinski definition) is 2. The molecule has 1 rings (SSSR count). The third-order valence-corrected chi connectivity index (χ3v) is 3.02. The van der Waals surface area contributed by atoms with Gasteiger partial charge in [-0.15, -0.1) is 0 Å². The molecule has 3 N–H and O–H groups in total. The van der Waals surface area contributed by atoms with Crippen LogP contribution in [0, 0.1) is 5.92 Å². The minimum absolute atomic E-state index is 0.493. The second kappa shape index (κ2) is 4.24. The van der Waals surface area contributed by atoms with Gasteiger partial charge in [-0.2, -0.15) is 0 Å². The van der Waals surface area contributed by atoms with Gasteiger partial charge in [-0.3, -0.25) is 0 Å². The first kappa shape index (κ1) is 10.0. The molecule has 0 aromatic carbocycles. The molecule has 0 radical (unpaired) electrons. The van der Waals surface area contributed by atoms with Crippen molar-refractivity contribution in [2.24, 2.45) is 11.7 Å². The zero-order valence-corrected chi connectivity index (χ0v) is 8.40. The van der Waals surface area contributed by atoms with E-state index in [1.807, 2.05) is 0 Å². The highest BCUT2D eigenvalue weighted by Gasteiger charge is 2.36. The quantitative estimate of drug-likeness (QED) is 0.634. The van der Waals surface area contributed by atoms with Crippen molar-refractivity contribution in [3.63, 3.8) is 0 Å². The molecule has 0 bridgehead atoms. The molecule has 0 amide bonds. The maximum absolute atomic E-state index is 5.62. The summed E-state index contributed by atoms with van der Waals surface area (Å²) < 4.78 is 0. The standard InChI is InChI=1S/C10H22N2/c1-3-9(8-11)4-7-12-10(2)5-6-10/h9,12H,3-8,11H2,1-2H3. The molecule has 0 saturated heterocycles. The summed E-state index contributed by atoms with van der Waals surface area (Å²) in [4.78, 5) is 0. The van der Waals surface area contributed by atoms with Crippen LogP contribution in [0.4, 0.5) is 0 Å². The molecule has 0 spiro atoms. The summed E-state index contributed by atoms with van der Waals surface area (Å²) in [5.74, 6) is 0.722. The molecule has 2 heteroatoms. The lowest BCUT2D eigenvalue weighted by Gasteiger charge is -2.15. The van der Waals surface area contributed by atoms with Gasteiger partial charge in [-0.05, 0) is 45.2 Å². The lowest BCUT2D eigenvalue weighted by Crippen LogP contribution is -2.30. The van der Waals surface area contributed by atoms with E-state index >= 15 is 0 Å². The highest BCUT2D eigenvalue weighted by molar-refractivity contribution is 4.97. The highest BCUT2D eigenvalue weighted by atomic mass is 15.0. The summed E-state index contributed by atoms with van der Waals surface area (Å²) in [6.45, 7) is 6.51. The van der Waals surface area contributed by atoms with Crippen LogP contribution in [-0.2, 0) is 0 Å². The molecule has 0 aromatic rings. The average Bonchev–Trinajstić information content (AvgIpc) is 2.78. The number of hydrogen-bond acceptors (Lipinski definition) is 2. The molecule has 0 aliphatic heterocycles. The minimum atomic E-state index is 0.493. The molecule has 72 valence electrons. The fourth-order valence-electron chi connectivity index (χ4n) is 1.43. The van der Waals surface area contributed by atoms with E-state index in [9.17, 15) is 0 Å². The van der Waals surface area contributed by atoms with Crippen molar-refractivity contribution < 1.29 is 0 Å². The summed E-state index contributed by atoms with van der Waals surface area (Å²) in [5, 5.41) is 3.58. The van der Waals surface area contributed by atoms with E-state index in [-0.39, 0.29) is 0 Å². The monoisotopic (exact) mass is 170 g/mol. The van der Waals surface area contributed by atoms with Crippen molar-refractivity contribution in [1.82, 2.24) is 5.32 Å². The van der Waals surface area contributed by atoms with Crippen LogP contribution in [0.5, 0.6) is 0 Å². The molecule has 1 unspecified atom stereocenters. The fourth-order valence-corrected chi connectivity index (χ4v) is 1.43. The molecule has 12 heavy (non-hydrogen) atoms. The normalized spacial score (nSPS) is 22.2. The predicted molar refractivity (Wildman–Crippen MR) is 53.1 cm³/mol. The Labute approximate surface area is 75.9 Å². The molecule has 2 nitrogen and oxygen atoms in total. The zero-order valence-electron chi connectivity index (χ0n) is 8.40. The van der Waals surface area contributed by atoms with Gasteiger partial charge in [-0.1, -0.05) is 13.3 Å². The van der Waals surface area contributed by atoms with Crippen molar-refractivity contribution in [3.05, 3.63) is 0 Å². The number of rotatable bonds is 6. The SMILES string of the molecule is CCC(CN)CCNC1(C)CC1. The first-order valence-corrected chi connectivity index (χ1v) is 5.15. The average molecular weight is 170 g/mol. The van der Waals surface area contributed by atoms with Crippen LogP contribution in [0.1, 0.15) is 39.5 Å². The smallest absolute Gasteiger partial charge is 0.0154 e. The van der Waals surface area contributed by atoms with Crippen LogP contribution in [0.25, 0.3) is 0 Å². The Bertz CT molecular complexity index is 126. The van der Waals surface area contributed by atoms with Gasteiger partial charge in [-0.25, -0.2) is 0 Å². The van der Waals surface area contributed by atoms with Crippen LogP contribution in [0.2, 0.25) is 0 Å². The third-order valence-electron chi connectivity index (χ3n) is 3.02. The molecular weight excluding hydrogens is 148 g/mol. The lowest BCUT2D eigenvalue weighted by atomic mass is 10.0. The number of nitrogens with two attached hydrogens (primary N) is 1. The van der Waals surface area contributed by atoms with Crippen molar-refractivity contribution in [1.29, 1.82) is 0 Å². The van der Waals surface area contributed by atoms with Crippen molar-refractivity contribution in [3.8, 4) is 0 Å². The molecule has 1 aliphatic rings. The minimum Gasteiger partial charge on any atom is -0.330 e. The van der Waals surface area contributed by atoms with Gasteiger partial charge in [0.15, 0.2) is 0 Å². The van der Waals surface area contributed by atoms with E-state index in [0.717, 1.165) is 19.0 Å². The summed E-state index contributed by atoms with van der Waals surface area (Å²) in [5.41, 5.74) is 6.11. The van der Waals surface area contributed by atoms with Crippen molar-refractivity contribution >= 4 is 0 Å². The van der Waals surface area contributed by atoms with Gasteiger partial charge < -0.3 is 11.1 Å². The molecule has 1 aliphatic carbocycles. The molecule has 1 atom stereocenters. The van der Waals surface area contributed by atoms with Gasteiger partial charge in [0.2, 0.25) is 0 Å². The van der Waals surface area contributed by atoms with E-state index in [1.54, 1.807) is 0 Å². The lowest BCUT2D eigenvalue weighted by molar-refractivity contribution is 0.432. The summed E-state index contributed by atoms with van der Waals surface area (Å²) >= 11 is 0. The molecule has 1 fully saturated rings. The van der Waals surface area contributed by atoms with Gasteiger partial charge in [0.25, 0.3) is 0 Å². The van der Waals surface area contributed by atoms with Gasteiger partial charge in [0.05, 0.1) is 0 Å². The second-order valence-electron chi connectivity index (χ2n) is 4.29. The van der Waals surface area contributed by atoms with Gasteiger partial charge in [0.1, 0.15) is 0 Å². The maximum Gasteiger partial charge on any atom is 0.0154 e. The summed E-state index contributed by atoms with van der Waals surface area (Å²) in [6.07, 6.45) is 5.16. The van der Waals surface area contributed by atoms with Crippen LogP contribution in [-0.4, -0.2) is 18.6 Å². The van der Waals surface area contributed by atoms with Crippen molar-refractivity contribution in [2.45, 2.75) is 45.1 Å². The Hall–Kier alpha value is -0.0800. The van der Waals surface area contributed by atoms with E-state index < -0.39 is 0 Å². The maximum atomic E-state index is 5.62. The predicted octanol–water partition coefficient (Wildman–Crippen LogP) is 1.50.